The maximum atomic E-state index is 13.4. The first-order valence-electron chi connectivity index (χ1n) is 9.51. The molecule has 3 heterocycles. The molecule has 4 aromatic rings. The zero-order chi connectivity index (χ0) is 20.5. The number of fused-ring (bicyclic) bond motifs is 1. The average molecular weight is 414 g/mol. The fraction of sp³-hybridized carbons (Fsp3) is 0.130. The quantitative estimate of drug-likeness (QED) is 0.486. The minimum Gasteiger partial charge on any atom is -0.497 e. The number of carbonyl (C=O) groups excluding carboxylic acids is 1. The first-order chi connectivity index (χ1) is 14.7. The van der Waals surface area contributed by atoms with Gasteiger partial charge in [0.25, 0.3) is 5.91 Å². The number of nitrogens with zero attached hydrogens (tertiary/aromatic N) is 4. The maximum Gasteiger partial charge on any atom is 0.274 e. The Morgan fingerprint density at radius 2 is 1.87 bits per heavy atom. The molecule has 7 heteroatoms. The average Bonchev–Trinajstić information content (AvgIpc) is 3.48. The van der Waals surface area contributed by atoms with Crippen LogP contribution in [0, 0.1) is 0 Å². The molecule has 2 aromatic heterocycles. The second kappa shape index (κ2) is 7.68. The maximum absolute atomic E-state index is 13.4. The van der Waals surface area contributed by atoms with E-state index in [0.717, 1.165) is 27.9 Å². The fourth-order valence-electron chi connectivity index (χ4n) is 3.61. The van der Waals surface area contributed by atoms with Crippen molar-refractivity contribution in [1.29, 1.82) is 0 Å². The zero-order valence-corrected chi connectivity index (χ0v) is 17.0. The number of hydrogen-bond donors (Lipinski definition) is 0. The fourth-order valence-corrected chi connectivity index (χ4v) is 4.28. The highest BCUT2D eigenvalue weighted by Crippen LogP contribution is 2.35. The van der Waals surface area contributed by atoms with Gasteiger partial charge in [-0.15, -0.1) is 0 Å². The molecule has 0 N–H and O–H groups in total. The number of carbonyl (C=O) groups is 1. The van der Waals surface area contributed by atoms with Gasteiger partial charge in [0.2, 0.25) is 0 Å². The molecule has 1 unspecified atom stereocenters. The number of benzene rings is 2. The van der Waals surface area contributed by atoms with E-state index in [9.17, 15) is 4.79 Å². The molecule has 0 bridgehead atoms. The van der Waals surface area contributed by atoms with Crippen LogP contribution in [0.3, 0.4) is 0 Å². The second-order valence-corrected chi connectivity index (χ2v) is 7.74. The number of hydrazone groups is 1. The molecule has 5 rings (SSSR count). The third-order valence-corrected chi connectivity index (χ3v) is 5.87. The Balaban J connectivity index is 1.54. The van der Waals surface area contributed by atoms with Crippen LogP contribution in [0.25, 0.3) is 11.0 Å². The number of amides is 1. The van der Waals surface area contributed by atoms with Crippen LogP contribution >= 0.6 is 11.3 Å². The summed E-state index contributed by atoms with van der Waals surface area (Å²) in [6.45, 7) is 0. The Labute approximate surface area is 177 Å². The van der Waals surface area contributed by atoms with Crippen molar-refractivity contribution in [2.45, 2.75) is 12.5 Å². The van der Waals surface area contributed by atoms with Gasteiger partial charge in [0.1, 0.15) is 5.75 Å². The van der Waals surface area contributed by atoms with Crippen molar-refractivity contribution in [1.82, 2.24) is 15.0 Å². The summed E-state index contributed by atoms with van der Waals surface area (Å²) in [6.07, 6.45) is 3.99. The first kappa shape index (κ1) is 18.4. The van der Waals surface area contributed by atoms with Gasteiger partial charge < -0.3 is 4.74 Å². The number of methoxy groups -OCH3 is 1. The monoisotopic (exact) mass is 414 g/mol. The van der Waals surface area contributed by atoms with Gasteiger partial charge in [-0.1, -0.05) is 6.07 Å². The summed E-state index contributed by atoms with van der Waals surface area (Å²) in [4.78, 5) is 22.1. The lowest BCUT2D eigenvalue weighted by Gasteiger charge is -2.22. The zero-order valence-electron chi connectivity index (χ0n) is 16.2. The SMILES string of the molecule is COc1ccc(C(=O)N2N=C(c3ccsc3)CC2c2ccc3nccnc3c2)cc1. The number of rotatable bonds is 4. The van der Waals surface area contributed by atoms with Crippen molar-refractivity contribution in [2.24, 2.45) is 5.10 Å². The molecular weight excluding hydrogens is 396 g/mol. The van der Waals surface area contributed by atoms with Gasteiger partial charge in [0.15, 0.2) is 0 Å². The lowest BCUT2D eigenvalue weighted by atomic mass is 9.98. The van der Waals surface area contributed by atoms with Crippen LogP contribution in [-0.2, 0) is 0 Å². The number of thiophene rings is 1. The summed E-state index contributed by atoms with van der Waals surface area (Å²) in [5.41, 5.74) is 5.13. The number of aromatic nitrogens is 2. The summed E-state index contributed by atoms with van der Waals surface area (Å²) in [7, 11) is 1.60. The van der Waals surface area contributed by atoms with E-state index in [1.165, 1.54) is 0 Å². The van der Waals surface area contributed by atoms with Crippen molar-refractivity contribution in [2.75, 3.05) is 7.11 Å². The van der Waals surface area contributed by atoms with Crippen LogP contribution in [0.2, 0.25) is 0 Å². The Kier molecular flexibility index (Phi) is 4.72. The molecule has 1 aliphatic heterocycles. The summed E-state index contributed by atoms with van der Waals surface area (Å²) in [5, 5.41) is 10.4. The van der Waals surface area contributed by atoms with E-state index < -0.39 is 0 Å². The smallest absolute Gasteiger partial charge is 0.274 e. The summed E-state index contributed by atoms with van der Waals surface area (Å²) in [5.74, 6) is 0.562. The molecule has 0 saturated carbocycles. The minimum atomic E-state index is -0.207. The van der Waals surface area contributed by atoms with Crippen LogP contribution in [0.15, 0.2) is 76.8 Å². The third-order valence-electron chi connectivity index (χ3n) is 5.19. The van der Waals surface area contributed by atoms with E-state index in [-0.39, 0.29) is 11.9 Å². The van der Waals surface area contributed by atoms with Gasteiger partial charge in [0.05, 0.1) is 29.9 Å². The van der Waals surface area contributed by atoms with Crippen molar-refractivity contribution >= 4 is 34.0 Å². The molecule has 6 nitrogen and oxygen atoms in total. The topological polar surface area (TPSA) is 67.7 Å². The van der Waals surface area contributed by atoms with E-state index in [4.69, 9.17) is 9.84 Å². The highest BCUT2D eigenvalue weighted by atomic mass is 32.1. The molecule has 0 fully saturated rings. The molecular formula is C23H18N4O2S. The van der Waals surface area contributed by atoms with Crippen LogP contribution in [0.1, 0.15) is 33.9 Å². The van der Waals surface area contributed by atoms with Gasteiger partial charge in [-0.05, 0) is 58.8 Å². The van der Waals surface area contributed by atoms with Crippen molar-refractivity contribution in [3.63, 3.8) is 0 Å². The predicted octanol–water partition coefficient (Wildman–Crippen LogP) is 4.69. The van der Waals surface area contributed by atoms with E-state index in [2.05, 4.69) is 15.3 Å². The van der Waals surface area contributed by atoms with Gasteiger partial charge in [0, 0.05) is 29.9 Å². The summed E-state index contributed by atoms with van der Waals surface area (Å²) < 4.78 is 5.21. The molecule has 1 atom stereocenters. The van der Waals surface area contributed by atoms with Crippen molar-refractivity contribution < 1.29 is 9.53 Å². The predicted molar refractivity (Wildman–Crippen MR) is 117 cm³/mol. The number of ether oxygens (including phenoxy) is 1. The molecule has 0 saturated heterocycles. The second-order valence-electron chi connectivity index (χ2n) is 6.96. The third kappa shape index (κ3) is 3.33. The minimum absolute atomic E-state index is 0.146. The standard InChI is InChI=1S/C23H18N4O2S/c1-29-18-5-2-15(3-6-18)23(28)27-22(13-20(26-27)17-8-11-30-14-17)16-4-7-19-21(12-16)25-10-9-24-19/h2-12,14,22H,13H2,1H3. The van der Waals surface area contributed by atoms with Crippen LogP contribution in [-0.4, -0.2) is 33.7 Å². The van der Waals surface area contributed by atoms with E-state index in [0.29, 0.717) is 17.7 Å². The molecule has 0 spiro atoms. The summed E-state index contributed by atoms with van der Waals surface area (Å²) >= 11 is 1.62. The first-order valence-corrected chi connectivity index (χ1v) is 10.5. The highest BCUT2D eigenvalue weighted by Gasteiger charge is 2.34. The Bertz CT molecular complexity index is 1240. The molecule has 2 aromatic carbocycles. The van der Waals surface area contributed by atoms with Crippen LogP contribution in [0.4, 0.5) is 0 Å². The van der Waals surface area contributed by atoms with Gasteiger partial charge in [-0.25, -0.2) is 5.01 Å². The number of hydrogen-bond acceptors (Lipinski definition) is 6. The molecule has 1 amide bonds. The lowest BCUT2D eigenvalue weighted by Crippen LogP contribution is -2.27. The van der Waals surface area contributed by atoms with Crippen LogP contribution < -0.4 is 4.74 Å². The van der Waals surface area contributed by atoms with Crippen molar-refractivity contribution in [3.05, 3.63) is 88.4 Å². The van der Waals surface area contributed by atoms with Gasteiger partial charge >= 0.3 is 0 Å². The lowest BCUT2D eigenvalue weighted by molar-refractivity contribution is 0.0711. The highest BCUT2D eigenvalue weighted by molar-refractivity contribution is 7.08. The molecule has 0 aliphatic carbocycles. The summed E-state index contributed by atoms with van der Waals surface area (Å²) in [6, 6.07) is 14.9. The van der Waals surface area contributed by atoms with Gasteiger partial charge in [-0.2, -0.15) is 16.4 Å². The Morgan fingerprint density at radius 1 is 1.07 bits per heavy atom. The van der Waals surface area contributed by atoms with Crippen molar-refractivity contribution in [3.8, 4) is 5.75 Å². The molecule has 1 aliphatic rings. The molecule has 148 valence electrons. The molecule has 30 heavy (non-hydrogen) atoms. The van der Waals surface area contributed by atoms with E-state index in [1.807, 2.05) is 29.6 Å². The van der Waals surface area contributed by atoms with Crippen LogP contribution in [0.5, 0.6) is 5.75 Å². The van der Waals surface area contributed by atoms with E-state index in [1.54, 1.807) is 60.1 Å². The normalized spacial score (nSPS) is 16.0. The molecule has 0 radical (unpaired) electrons. The van der Waals surface area contributed by atoms with E-state index >= 15 is 0 Å². The Morgan fingerprint density at radius 3 is 2.60 bits per heavy atom. The largest absolute Gasteiger partial charge is 0.497 e. The van der Waals surface area contributed by atoms with Gasteiger partial charge in [-0.3, -0.25) is 14.8 Å². The Hall–Kier alpha value is -3.58.